The summed E-state index contributed by atoms with van der Waals surface area (Å²) < 4.78 is 28.4. The standard InChI is InChI=1S/C15H22F2N2S/c1-3-5-18-9-11-7-13(16)15(14(17)8-11)19(2)12-4-6-20-10-12/h7-8,12,18H,3-6,9-10H2,1-2H3. The van der Waals surface area contributed by atoms with E-state index in [1.165, 1.54) is 12.1 Å². The van der Waals surface area contributed by atoms with Crippen LogP contribution in [0.25, 0.3) is 0 Å². The summed E-state index contributed by atoms with van der Waals surface area (Å²) in [6.07, 6.45) is 1.99. The molecule has 5 heteroatoms. The van der Waals surface area contributed by atoms with Crippen molar-refractivity contribution in [3.05, 3.63) is 29.3 Å². The lowest BCUT2D eigenvalue weighted by atomic mass is 10.1. The first-order chi connectivity index (χ1) is 9.63. The zero-order chi connectivity index (χ0) is 14.5. The second kappa shape index (κ2) is 7.27. The van der Waals surface area contributed by atoms with E-state index < -0.39 is 11.6 Å². The molecule has 1 saturated heterocycles. The molecule has 0 bridgehead atoms. The highest BCUT2D eigenvalue weighted by Gasteiger charge is 2.25. The van der Waals surface area contributed by atoms with Crippen LogP contribution in [0.5, 0.6) is 0 Å². The topological polar surface area (TPSA) is 15.3 Å². The molecule has 1 aliphatic rings. The molecule has 1 heterocycles. The van der Waals surface area contributed by atoms with Crippen molar-refractivity contribution in [2.45, 2.75) is 32.4 Å². The largest absolute Gasteiger partial charge is 0.366 e. The van der Waals surface area contributed by atoms with Crippen LogP contribution in [0.1, 0.15) is 25.3 Å². The van der Waals surface area contributed by atoms with E-state index in [0.29, 0.717) is 12.1 Å². The summed E-state index contributed by atoms with van der Waals surface area (Å²) >= 11 is 1.84. The first-order valence-corrected chi connectivity index (χ1v) is 8.28. The molecule has 1 aliphatic heterocycles. The van der Waals surface area contributed by atoms with Gasteiger partial charge in [0.25, 0.3) is 0 Å². The molecule has 2 rings (SSSR count). The number of halogens is 2. The summed E-state index contributed by atoms with van der Waals surface area (Å²) in [5.41, 5.74) is 0.767. The fraction of sp³-hybridized carbons (Fsp3) is 0.600. The van der Waals surface area contributed by atoms with Crippen LogP contribution in [0.15, 0.2) is 12.1 Å². The summed E-state index contributed by atoms with van der Waals surface area (Å²) in [4.78, 5) is 1.76. The van der Waals surface area contributed by atoms with E-state index in [2.05, 4.69) is 12.2 Å². The Morgan fingerprint density at radius 1 is 1.35 bits per heavy atom. The molecule has 0 aromatic heterocycles. The maximum absolute atomic E-state index is 14.2. The Balaban J connectivity index is 2.13. The summed E-state index contributed by atoms with van der Waals surface area (Å²) in [7, 11) is 1.78. The monoisotopic (exact) mass is 300 g/mol. The van der Waals surface area contributed by atoms with Crippen LogP contribution in [-0.2, 0) is 6.54 Å². The number of hydrogen-bond donors (Lipinski definition) is 1. The fourth-order valence-electron chi connectivity index (χ4n) is 2.48. The molecular weight excluding hydrogens is 278 g/mol. The Labute approximate surface area is 123 Å². The number of nitrogens with zero attached hydrogens (tertiary/aromatic N) is 1. The van der Waals surface area contributed by atoms with E-state index in [-0.39, 0.29) is 11.7 Å². The number of nitrogens with one attached hydrogen (secondary N) is 1. The van der Waals surface area contributed by atoms with Crippen LogP contribution in [0.4, 0.5) is 14.5 Å². The molecule has 1 unspecified atom stereocenters. The molecule has 1 N–H and O–H groups in total. The van der Waals surface area contributed by atoms with Crippen molar-refractivity contribution in [2.24, 2.45) is 0 Å². The fourth-order valence-corrected chi connectivity index (χ4v) is 3.74. The van der Waals surface area contributed by atoms with Gasteiger partial charge in [-0.1, -0.05) is 6.92 Å². The molecule has 1 atom stereocenters. The number of thioether (sulfide) groups is 1. The SMILES string of the molecule is CCCNCc1cc(F)c(N(C)C2CCSC2)c(F)c1. The lowest BCUT2D eigenvalue weighted by Crippen LogP contribution is -2.32. The minimum atomic E-state index is -0.460. The first kappa shape index (κ1) is 15.6. The molecule has 0 spiro atoms. The normalized spacial score (nSPS) is 18.5. The molecule has 0 aliphatic carbocycles. The predicted octanol–water partition coefficient (Wildman–Crippen LogP) is 3.41. The second-order valence-corrected chi connectivity index (χ2v) is 6.36. The molecular formula is C15H22F2N2S. The van der Waals surface area contributed by atoms with E-state index in [9.17, 15) is 8.78 Å². The number of rotatable bonds is 6. The van der Waals surface area contributed by atoms with Gasteiger partial charge in [-0.15, -0.1) is 0 Å². The van der Waals surface area contributed by atoms with E-state index in [4.69, 9.17) is 0 Å². The summed E-state index contributed by atoms with van der Waals surface area (Å²) in [6, 6.07) is 3.12. The van der Waals surface area contributed by atoms with Crippen LogP contribution in [0, 0.1) is 11.6 Å². The van der Waals surface area contributed by atoms with Crippen molar-refractivity contribution < 1.29 is 8.78 Å². The van der Waals surface area contributed by atoms with Crippen molar-refractivity contribution in [3.63, 3.8) is 0 Å². The van der Waals surface area contributed by atoms with Crippen molar-refractivity contribution in [1.82, 2.24) is 5.32 Å². The van der Waals surface area contributed by atoms with Gasteiger partial charge in [0.05, 0.1) is 0 Å². The van der Waals surface area contributed by atoms with Gasteiger partial charge < -0.3 is 10.2 Å². The number of benzene rings is 1. The smallest absolute Gasteiger partial charge is 0.149 e. The molecule has 0 saturated carbocycles. The average molecular weight is 300 g/mol. The van der Waals surface area contributed by atoms with Crippen molar-refractivity contribution in [1.29, 1.82) is 0 Å². The van der Waals surface area contributed by atoms with E-state index in [1.807, 2.05) is 11.8 Å². The quantitative estimate of drug-likeness (QED) is 0.811. The zero-order valence-corrected chi connectivity index (χ0v) is 12.9. The lowest BCUT2D eigenvalue weighted by molar-refractivity contribution is 0.556. The van der Waals surface area contributed by atoms with Crippen molar-refractivity contribution in [2.75, 3.05) is 30.0 Å². The summed E-state index contributed by atoms with van der Waals surface area (Å²) in [6.45, 7) is 3.42. The van der Waals surface area contributed by atoms with Crippen LogP contribution in [-0.4, -0.2) is 31.1 Å². The molecule has 1 aromatic rings. The third-order valence-electron chi connectivity index (χ3n) is 3.64. The van der Waals surface area contributed by atoms with Crippen LogP contribution in [0.2, 0.25) is 0 Å². The van der Waals surface area contributed by atoms with Gasteiger partial charge in [0.15, 0.2) is 0 Å². The average Bonchev–Trinajstić information content (AvgIpc) is 2.92. The van der Waals surface area contributed by atoms with Gasteiger partial charge in [0.2, 0.25) is 0 Å². The van der Waals surface area contributed by atoms with Crippen molar-refractivity contribution in [3.8, 4) is 0 Å². The minimum Gasteiger partial charge on any atom is -0.366 e. The Bertz CT molecular complexity index is 424. The van der Waals surface area contributed by atoms with Gasteiger partial charge in [0.1, 0.15) is 17.3 Å². The Hall–Kier alpha value is -0.810. The molecule has 20 heavy (non-hydrogen) atoms. The lowest BCUT2D eigenvalue weighted by Gasteiger charge is -2.27. The molecule has 1 aromatic carbocycles. The Morgan fingerprint density at radius 3 is 2.60 bits per heavy atom. The highest BCUT2D eigenvalue weighted by atomic mass is 32.2. The van der Waals surface area contributed by atoms with Crippen LogP contribution < -0.4 is 10.2 Å². The van der Waals surface area contributed by atoms with Gasteiger partial charge in [-0.25, -0.2) is 8.78 Å². The van der Waals surface area contributed by atoms with Gasteiger partial charge in [-0.3, -0.25) is 0 Å². The predicted molar refractivity (Wildman–Crippen MR) is 82.5 cm³/mol. The van der Waals surface area contributed by atoms with Crippen molar-refractivity contribution >= 4 is 17.4 Å². The van der Waals surface area contributed by atoms with Gasteiger partial charge in [-0.2, -0.15) is 11.8 Å². The van der Waals surface area contributed by atoms with E-state index >= 15 is 0 Å². The molecule has 1 fully saturated rings. The highest BCUT2D eigenvalue weighted by Crippen LogP contribution is 2.30. The van der Waals surface area contributed by atoms with Gasteiger partial charge in [-0.05, 0) is 42.8 Å². The van der Waals surface area contributed by atoms with E-state index in [0.717, 1.165) is 30.9 Å². The maximum atomic E-state index is 14.2. The van der Waals surface area contributed by atoms with Crippen LogP contribution >= 0.6 is 11.8 Å². The van der Waals surface area contributed by atoms with Gasteiger partial charge in [0, 0.05) is 25.4 Å². The molecule has 2 nitrogen and oxygen atoms in total. The molecule has 0 amide bonds. The highest BCUT2D eigenvalue weighted by molar-refractivity contribution is 7.99. The third-order valence-corrected chi connectivity index (χ3v) is 4.78. The molecule has 0 radical (unpaired) electrons. The number of anilines is 1. The van der Waals surface area contributed by atoms with Gasteiger partial charge >= 0.3 is 0 Å². The van der Waals surface area contributed by atoms with Crippen LogP contribution in [0.3, 0.4) is 0 Å². The minimum absolute atomic E-state index is 0.108. The Kier molecular flexibility index (Phi) is 5.66. The number of hydrogen-bond acceptors (Lipinski definition) is 3. The summed E-state index contributed by atoms with van der Waals surface area (Å²) in [5, 5.41) is 3.16. The summed E-state index contributed by atoms with van der Waals surface area (Å²) in [5.74, 6) is 1.09. The molecule has 112 valence electrons. The Morgan fingerprint density at radius 2 is 2.05 bits per heavy atom. The van der Waals surface area contributed by atoms with E-state index in [1.54, 1.807) is 11.9 Å². The second-order valence-electron chi connectivity index (χ2n) is 5.21. The first-order valence-electron chi connectivity index (χ1n) is 7.12. The maximum Gasteiger partial charge on any atom is 0.149 e. The zero-order valence-electron chi connectivity index (χ0n) is 12.1. The third kappa shape index (κ3) is 3.64.